The fourth-order valence-electron chi connectivity index (χ4n) is 3.21. The van der Waals surface area contributed by atoms with Crippen molar-refractivity contribution in [2.45, 2.75) is 19.9 Å². The zero-order valence-corrected chi connectivity index (χ0v) is 15.7. The van der Waals surface area contributed by atoms with Crippen LogP contribution in [0.5, 0.6) is 5.75 Å². The van der Waals surface area contributed by atoms with Gasteiger partial charge in [-0.2, -0.15) is 0 Å². The lowest BCUT2D eigenvalue weighted by molar-refractivity contribution is -0.134. The molecule has 27 heavy (non-hydrogen) atoms. The number of hydrogen-bond donors (Lipinski definition) is 0. The maximum atomic E-state index is 12.5. The van der Waals surface area contributed by atoms with E-state index in [2.05, 4.69) is 5.16 Å². The first-order valence-electron chi connectivity index (χ1n) is 8.81. The number of amides is 1. The first-order chi connectivity index (χ1) is 13.1. The third-order valence-electron chi connectivity index (χ3n) is 4.65. The highest BCUT2D eigenvalue weighted by Crippen LogP contribution is 2.31. The van der Waals surface area contributed by atoms with Crippen LogP contribution in [0.2, 0.25) is 5.02 Å². The standard InChI is InChI=1S/C21H19ClN2O3/c1-14-3-2-4-17(11-14)26-13-20(25)24-10-9-18-19(12-24)23-27-21(18)15-5-7-16(22)8-6-15/h2-8,11H,9-10,12-13H2,1H3. The summed E-state index contributed by atoms with van der Waals surface area (Å²) < 4.78 is 11.2. The lowest BCUT2D eigenvalue weighted by atomic mass is 10.0. The van der Waals surface area contributed by atoms with Crippen LogP contribution in [0.1, 0.15) is 16.8 Å². The molecule has 1 aliphatic heterocycles. The lowest BCUT2D eigenvalue weighted by Crippen LogP contribution is -2.38. The molecule has 0 saturated heterocycles. The predicted octanol–water partition coefficient (Wildman–Crippen LogP) is 4.27. The molecule has 0 N–H and O–H groups in total. The molecule has 2 heterocycles. The van der Waals surface area contributed by atoms with Gasteiger partial charge >= 0.3 is 0 Å². The summed E-state index contributed by atoms with van der Waals surface area (Å²) in [5.74, 6) is 1.40. The zero-order chi connectivity index (χ0) is 18.8. The zero-order valence-electron chi connectivity index (χ0n) is 14.9. The van der Waals surface area contributed by atoms with E-state index in [0.29, 0.717) is 30.3 Å². The first kappa shape index (κ1) is 17.6. The van der Waals surface area contributed by atoms with Gasteiger partial charge in [-0.1, -0.05) is 28.9 Å². The Morgan fingerprint density at radius 1 is 1.26 bits per heavy atom. The van der Waals surface area contributed by atoms with Crippen LogP contribution in [0, 0.1) is 6.92 Å². The van der Waals surface area contributed by atoms with Gasteiger partial charge in [0.15, 0.2) is 12.4 Å². The van der Waals surface area contributed by atoms with Crippen molar-refractivity contribution in [1.29, 1.82) is 0 Å². The van der Waals surface area contributed by atoms with Gasteiger partial charge in [0.05, 0.1) is 6.54 Å². The van der Waals surface area contributed by atoms with E-state index in [4.69, 9.17) is 20.9 Å². The van der Waals surface area contributed by atoms with Gasteiger partial charge in [-0.05, 0) is 55.3 Å². The van der Waals surface area contributed by atoms with Gasteiger partial charge in [-0.15, -0.1) is 0 Å². The van der Waals surface area contributed by atoms with Crippen LogP contribution in [-0.4, -0.2) is 29.1 Å². The quantitative estimate of drug-likeness (QED) is 0.676. The molecule has 138 valence electrons. The molecule has 0 bridgehead atoms. The van der Waals surface area contributed by atoms with Gasteiger partial charge in [-0.25, -0.2) is 0 Å². The SMILES string of the molecule is Cc1cccc(OCC(=O)N2CCc3c(noc3-c3ccc(Cl)cc3)C2)c1. The Morgan fingerprint density at radius 3 is 2.85 bits per heavy atom. The fraction of sp³-hybridized carbons (Fsp3) is 0.238. The highest BCUT2D eigenvalue weighted by molar-refractivity contribution is 6.30. The Balaban J connectivity index is 1.42. The van der Waals surface area contributed by atoms with Crippen LogP contribution < -0.4 is 4.74 Å². The second-order valence-electron chi connectivity index (χ2n) is 6.61. The van der Waals surface area contributed by atoms with Crippen molar-refractivity contribution < 1.29 is 14.1 Å². The molecule has 2 aromatic carbocycles. The molecular weight excluding hydrogens is 364 g/mol. The number of carbonyl (C=O) groups excluding carboxylic acids is 1. The average molecular weight is 383 g/mol. The summed E-state index contributed by atoms with van der Waals surface area (Å²) >= 11 is 5.95. The number of hydrogen-bond acceptors (Lipinski definition) is 4. The van der Waals surface area contributed by atoms with Crippen LogP contribution in [-0.2, 0) is 17.8 Å². The lowest BCUT2D eigenvalue weighted by Gasteiger charge is -2.26. The van der Waals surface area contributed by atoms with Crippen molar-refractivity contribution in [2.24, 2.45) is 0 Å². The Labute approximate surface area is 162 Å². The smallest absolute Gasteiger partial charge is 0.260 e. The van der Waals surface area contributed by atoms with Crippen LogP contribution in [0.3, 0.4) is 0 Å². The number of ether oxygens (including phenoxy) is 1. The predicted molar refractivity (Wildman–Crippen MR) is 103 cm³/mol. The molecule has 0 spiro atoms. The van der Waals surface area contributed by atoms with E-state index in [1.807, 2.05) is 55.5 Å². The van der Waals surface area contributed by atoms with Crippen LogP contribution in [0.25, 0.3) is 11.3 Å². The van der Waals surface area contributed by atoms with E-state index in [0.717, 1.165) is 28.1 Å². The van der Waals surface area contributed by atoms with E-state index in [-0.39, 0.29) is 12.5 Å². The molecule has 0 fully saturated rings. The number of fused-ring (bicyclic) bond motifs is 1. The summed E-state index contributed by atoms with van der Waals surface area (Å²) in [7, 11) is 0. The van der Waals surface area contributed by atoms with Crippen molar-refractivity contribution in [3.63, 3.8) is 0 Å². The van der Waals surface area contributed by atoms with Crippen molar-refractivity contribution in [3.8, 4) is 17.1 Å². The number of aromatic nitrogens is 1. The van der Waals surface area contributed by atoms with Gasteiger partial charge in [0, 0.05) is 22.7 Å². The number of rotatable bonds is 4. The molecule has 0 saturated carbocycles. The maximum Gasteiger partial charge on any atom is 0.260 e. The Morgan fingerprint density at radius 2 is 2.07 bits per heavy atom. The van der Waals surface area contributed by atoms with E-state index in [1.165, 1.54) is 0 Å². The summed E-state index contributed by atoms with van der Waals surface area (Å²) in [5.41, 5.74) is 3.90. The number of nitrogens with zero attached hydrogens (tertiary/aromatic N) is 2. The third kappa shape index (κ3) is 3.83. The minimum Gasteiger partial charge on any atom is -0.484 e. The van der Waals surface area contributed by atoms with Crippen LogP contribution >= 0.6 is 11.6 Å². The molecule has 0 unspecified atom stereocenters. The largest absolute Gasteiger partial charge is 0.484 e. The Bertz CT molecular complexity index is 966. The normalized spacial score (nSPS) is 13.3. The van der Waals surface area contributed by atoms with E-state index >= 15 is 0 Å². The fourth-order valence-corrected chi connectivity index (χ4v) is 3.34. The number of halogens is 1. The molecule has 5 nitrogen and oxygen atoms in total. The second kappa shape index (κ2) is 7.45. The van der Waals surface area contributed by atoms with Gasteiger partial charge in [0.25, 0.3) is 5.91 Å². The molecular formula is C21H19ClN2O3. The van der Waals surface area contributed by atoms with E-state index in [1.54, 1.807) is 4.90 Å². The molecule has 3 aromatic rings. The first-order valence-corrected chi connectivity index (χ1v) is 9.18. The van der Waals surface area contributed by atoms with Crippen molar-refractivity contribution >= 4 is 17.5 Å². The second-order valence-corrected chi connectivity index (χ2v) is 7.05. The average Bonchev–Trinajstić information content (AvgIpc) is 3.10. The molecule has 1 amide bonds. The van der Waals surface area contributed by atoms with Gasteiger partial charge < -0.3 is 14.2 Å². The summed E-state index contributed by atoms with van der Waals surface area (Å²) in [6.07, 6.45) is 0.701. The summed E-state index contributed by atoms with van der Waals surface area (Å²) in [6, 6.07) is 15.1. The minimum atomic E-state index is -0.0572. The minimum absolute atomic E-state index is 0.0146. The third-order valence-corrected chi connectivity index (χ3v) is 4.90. The van der Waals surface area contributed by atoms with Crippen molar-refractivity contribution in [2.75, 3.05) is 13.2 Å². The van der Waals surface area contributed by atoms with Crippen LogP contribution in [0.15, 0.2) is 53.1 Å². The van der Waals surface area contributed by atoms with Gasteiger partial charge in [0.1, 0.15) is 11.4 Å². The molecule has 1 aliphatic rings. The van der Waals surface area contributed by atoms with E-state index in [9.17, 15) is 4.79 Å². The highest BCUT2D eigenvalue weighted by Gasteiger charge is 2.27. The Hall–Kier alpha value is -2.79. The van der Waals surface area contributed by atoms with Crippen molar-refractivity contribution in [1.82, 2.24) is 10.1 Å². The number of benzene rings is 2. The van der Waals surface area contributed by atoms with Crippen LogP contribution in [0.4, 0.5) is 0 Å². The highest BCUT2D eigenvalue weighted by atomic mass is 35.5. The molecule has 1 aromatic heterocycles. The van der Waals surface area contributed by atoms with Gasteiger partial charge in [0.2, 0.25) is 0 Å². The number of aryl methyl sites for hydroxylation is 1. The molecule has 0 aliphatic carbocycles. The summed E-state index contributed by atoms with van der Waals surface area (Å²) in [5, 5.41) is 4.85. The van der Waals surface area contributed by atoms with Crippen molar-refractivity contribution in [3.05, 3.63) is 70.4 Å². The summed E-state index contributed by atoms with van der Waals surface area (Å²) in [4.78, 5) is 14.3. The van der Waals surface area contributed by atoms with Gasteiger partial charge in [-0.3, -0.25) is 4.79 Å². The molecule has 6 heteroatoms. The maximum absolute atomic E-state index is 12.5. The monoisotopic (exact) mass is 382 g/mol. The Kier molecular flexibility index (Phi) is 4.86. The molecule has 4 rings (SSSR count). The van der Waals surface area contributed by atoms with E-state index < -0.39 is 0 Å². The number of carbonyl (C=O) groups is 1. The topological polar surface area (TPSA) is 55.6 Å². The molecule has 0 radical (unpaired) electrons. The summed E-state index contributed by atoms with van der Waals surface area (Å²) in [6.45, 7) is 3.05. The molecule has 0 atom stereocenters.